The van der Waals surface area contributed by atoms with E-state index in [0.29, 0.717) is 11.8 Å². The van der Waals surface area contributed by atoms with Gasteiger partial charge in [0.25, 0.3) is 0 Å². The lowest BCUT2D eigenvalue weighted by Crippen LogP contribution is -2.11. The van der Waals surface area contributed by atoms with Crippen molar-refractivity contribution in [2.75, 3.05) is 0 Å². The first kappa shape index (κ1) is 12.2. The summed E-state index contributed by atoms with van der Waals surface area (Å²) in [5.74, 6) is 1.16. The highest BCUT2D eigenvalue weighted by atomic mass is 79.9. The van der Waals surface area contributed by atoms with E-state index in [1.54, 1.807) is 0 Å². The average Bonchev–Trinajstić information content (AvgIpc) is 2.07. The van der Waals surface area contributed by atoms with Gasteiger partial charge < -0.3 is 0 Å². The van der Waals surface area contributed by atoms with E-state index in [4.69, 9.17) is 0 Å². The van der Waals surface area contributed by atoms with Gasteiger partial charge in [-0.3, -0.25) is 0 Å². The second-order valence-corrected chi connectivity index (χ2v) is 5.80. The van der Waals surface area contributed by atoms with Crippen LogP contribution in [-0.2, 0) is 0 Å². The average molecular weight is 273 g/mol. The zero-order valence-electron chi connectivity index (χ0n) is 9.26. The van der Waals surface area contributed by atoms with Crippen LogP contribution < -0.4 is 5.30 Å². The normalized spacial score (nSPS) is 11.4. The van der Waals surface area contributed by atoms with Gasteiger partial charge in [-0.15, -0.1) is 9.24 Å². The van der Waals surface area contributed by atoms with Gasteiger partial charge in [0.15, 0.2) is 0 Å². The summed E-state index contributed by atoms with van der Waals surface area (Å²) in [4.78, 5) is 0. The number of hydrogen-bond donors (Lipinski definition) is 0. The Kier molecular flexibility index (Phi) is 4.15. The van der Waals surface area contributed by atoms with Crippen LogP contribution in [0.3, 0.4) is 0 Å². The molecule has 1 aromatic carbocycles. The van der Waals surface area contributed by atoms with Crippen molar-refractivity contribution in [2.24, 2.45) is 0 Å². The van der Waals surface area contributed by atoms with E-state index >= 15 is 0 Å². The van der Waals surface area contributed by atoms with Crippen molar-refractivity contribution in [2.45, 2.75) is 39.5 Å². The molecule has 0 aromatic heterocycles. The Bertz CT molecular complexity index is 300. The van der Waals surface area contributed by atoms with Crippen LogP contribution in [0, 0.1) is 0 Å². The third-order valence-corrected chi connectivity index (χ3v) is 3.58. The van der Waals surface area contributed by atoms with Crippen molar-refractivity contribution in [3.05, 3.63) is 27.7 Å². The first-order chi connectivity index (χ1) is 6.43. The van der Waals surface area contributed by atoms with Crippen LogP contribution in [0.5, 0.6) is 0 Å². The largest absolute Gasteiger partial charge is 0.105 e. The van der Waals surface area contributed by atoms with Gasteiger partial charge in [0.2, 0.25) is 0 Å². The second-order valence-electron chi connectivity index (χ2n) is 4.31. The fraction of sp³-hybridized carbons (Fsp3) is 0.500. The van der Waals surface area contributed by atoms with Crippen molar-refractivity contribution < 1.29 is 0 Å². The van der Waals surface area contributed by atoms with Crippen LogP contribution in [0.1, 0.15) is 50.7 Å². The van der Waals surface area contributed by atoms with Crippen LogP contribution in [0.4, 0.5) is 0 Å². The van der Waals surface area contributed by atoms with E-state index in [2.05, 4.69) is 65.0 Å². The molecular formula is C12H18BrP. The molecule has 0 aliphatic heterocycles. The molecule has 0 amide bonds. The van der Waals surface area contributed by atoms with Crippen LogP contribution in [0.15, 0.2) is 16.6 Å². The molecule has 0 nitrogen and oxygen atoms in total. The molecule has 1 atom stereocenters. The van der Waals surface area contributed by atoms with E-state index in [1.807, 2.05) is 0 Å². The van der Waals surface area contributed by atoms with E-state index in [1.165, 1.54) is 20.9 Å². The van der Waals surface area contributed by atoms with E-state index in [-0.39, 0.29) is 0 Å². The molecule has 0 heterocycles. The molecule has 0 N–H and O–H groups in total. The van der Waals surface area contributed by atoms with E-state index < -0.39 is 0 Å². The molecule has 1 unspecified atom stereocenters. The summed E-state index contributed by atoms with van der Waals surface area (Å²) in [6.07, 6.45) is 0. The van der Waals surface area contributed by atoms with E-state index in [0.717, 1.165) is 0 Å². The summed E-state index contributed by atoms with van der Waals surface area (Å²) in [6, 6.07) is 4.44. The molecule has 2 heteroatoms. The molecule has 1 aromatic rings. The topological polar surface area (TPSA) is 0 Å². The molecule has 0 aliphatic carbocycles. The van der Waals surface area contributed by atoms with Crippen LogP contribution in [-0.4, -0.2) is 0 Å². The second kappa shape index (κ2) is 4.77. The van der Waals surface area contributed by atoms with Crippen LogP contribution in [0.2, 0.25) is 0 Å². The molecule has 0 bridgehead atoms. The molecule has 0 spiro atoms. The Morgan fingerprint density at radius 3 is 1.64 bits per heavy atom. The Balaban J connectivity index is 3.32. The maximum atomic E-state index is 3.57. The van der Waals surface area contributed by atoms with Gasteiger partial charge in [-0.2, -0.15) is 0 Å². The summed E-state index contributed by atoms with van der Waals surface area (Å²) in [5, 5.41) is 1.37. The Morgan fingerprint density at radius 1 is 1.00 bits per heavy atom. The Hall–Kier alpha value is 0.130. The maximum Gasteiger partial charge on any atom is 0.0181 e. The monoisotopic (exact) mass is 272 g/mol. The maximum absolute atomic E-state index is 3.57. The highest BCUT2D eigenvalue weighted by Gasteiger charge is 2.11. The van der Waals surface area contributed by atoms with Crippen molar-refractivity contribution in [3.8, 4) is 0 Å². The van der Waals surface area contributed by atoms with Gasteiger partial charge in [0.05, 0.1) is 0 Å². The molecule has 0 radical (unpaired) electrons. The van der Waals surface area contributed by atoms with Crippen LogP contribution >= 0.6 is 25.2 Å². The lowest BCUT2D eigenvalue weighted by atomic mass is 9.95. The molecule has 0 saturated carbocycles. The lowest BCUT2D eigenvalue weighted by Gasteiger charge is -2.17. The van der Waals surface area contributed by atoms with Crippen molar-refractivity contribution in [1.29, 1.82) is 0 Å². The fourth-order valence-corrected chi connectivity index (χ4v) is 2.94. The summed E-state index contributed by atoms with van der Waals surface area (Å²) in [5.41, 5.74) is 2.85. The highest BCUT2D eigenvalue weighted by Crippen LogP contribution is 2.25. The molecule has 0 aliphatic rings. The molecule has 14 heavy (non-hydrogen) atoms. The minimum absolute atomic E-state index is 0.581. The summed E-state index contributed by atoms with van der Waals surface area (Å²) < 4.78 is 1.19. The van der Waals surface area contributed by atoms with Gasteiger partial charge >= 0.3 is 0 Å². The molecular weight excluding hydrogens is 255 g/mol. The predicted molar refractivity (Wildman–Crippen MR) is 71.7 cm³/mol. The summed E-state index contributed by atoms with van der Waals surface area (Å²) >= 11 is 3.57. The zero-order chi connectivity index (χ0) is 10.9. The lowest BCUT2D eigenvalue weighted by molar-refractivity contribution is 0.845. The Labute approximate surface area is 97.8 Å². The third kappa shape index (κ3) is 2.58. The van der Waals surface area contributed by atoms with Crippen LogP contribution in [0.25, 0.3) is 0 Å². The number of halogens is 1. The van der Waals surface area contributed by atoms with Gasteiger partial charge in [0.1, 0.15) is 0 Å². The van der Waals surface area contributed by atoms with Gasteiger partial charge in [0, 0.05) is 4.47 Å². The molecule has 1 rings (SSSR count). The smallest absolute Gasteiger partial charge is 0.0181 e. The number of rotatable bonds is 2. The fourth-order valence-electron chi connectivity index (χ4n) is 1.62. The predicted octanol–water partition coefficient (Wildman–Crippen LogP) is 4.20. The van der Waals surface area contributed by atoms with E-state index in [9.17, 15) is 0 Å². The summed E-state index contributed by atoms with van der Waals surface area (Å²) in [7, 11) is 2.88. The summed E-state index contributed by atoms with van der Waals surface area (Å²) in [6.45, 7) is 8.94. The van der Waals surface area contributed by atoms with Crippen molar-refractivity contribution in [1.82, 2.24) is 0 Å². The number of hydrogen-bond acceptors (Lipinski definition) is 0. The SMILES string of the molecule is CC(C)c1cc(Br)cc(C(C)C)c1P. The molecule has 0 saturated heterocycles. The number of benzene rings is 1. The highest BCUT2D eigenvalue weighted by molar-refractivity contribution is 9.10. The van der Waals surface area contributed by atoms with Crippen molar-refractivity contribution in [3.63, 3.8) is 0 Å². The first-order valence-corrected chi connectivity index (χ1v) is 6.39. The minimum atomic E-state index is 0.581. The van der Waals surface area contributed by atoms with Crippen molar-refractivity contribution >= 4 is 30.5 Å². The minimum Gasteiger partial charge on any atom is -0.105 e. The zero-order valence-corrected chi connectivity index (χ0v) is 12.0. The van der Waals surface area contributed by atoms with Gasteiger partial charge in [-0.1, -0.05) is 43.6 Å². The third-order valence-electron chi connectivity index (χ3n) is 2.45. The molecule has 0 fully saturated rings. The quantitative estimate of drug-likeness (QED) is 0.708. The van der Waals surface area contributed by atoms with Gasteiger partial charge in [-0.05, 0) is 40.4 Å². The first-order valence-electron chi connectivity index (χ1n) is 5.02. The Morgan fingerprint density at radius 2 is 1.36 bits per heavy atom. The molecule has 78 valence electrons. The van der Waals surface area contributed by atoms with Gasteiger partial charge in [-0.25, -0.2) is 0 Å². The standard InChI is InChI=1S/C12H18BrP/c1-7(2)10-5-9(13)6-11(8(3)4)12(10)14/h5-8H,14H2,1-4H3.